The summed E-state index contributed by atoms with van der Waals surface area (Å²) in [5, 5.41) is 0. The topological polar surface area (TPSA) is 47.3 Å². The second kappa shape index (κ2) is 6.65. The third-order valence-corrected chi connectivity index (χ3v) is 3.47. The Morgan fingerprint density at radius 2 is 1.57 bits per heavy atom. The number of benzene rings is 2. The smallest absolute Gasteiger partial charge is 0.387 e. The second-order valence-corrected chi connectivity index (χ2v) is 4.89. The number of nitrogens with one attached hydrogen (secondary N) is 1. The predicted octanol–water partition coefficient (Wildman–Crippen LogP) is 3.46. The van der Waals surface area contributed by atoms with Gasteiger partial charge >= 0.3 is 6.61 Å². The molecule has 0 bridgehead atoms. The van der Waals surface area contributed by atoms with E-state index in [9.17, 15) is 8.78 Å². The molecule has 0 aromatic heterocycles. The second-order valence-electron chi connectivity index (χ2n) is 4.89. The molecule has 0 amide bonds. The first-order chi connectivity index (χ1) is 10.0. The molecule has 1 unspecified atom stereocenters. The van der Waals surface area contributed by atoms with Crippen molar-refractivity contribution in [2.45, 2.75) is 26.5 Å². The SMILES string of the molecule is Cc1ccc(C(NN)c2ccc(OC(F)F)cc2)cc1C. The Morgan fingerprint density at radius 3 is 2.10 bits per heavy atom. The van der Waals surface area contributed by atoms with Crippen LogP contribution in [0.1, 0.15) is 28.3 Å². The van der Waals surface area contributed by atoms with Crippen molar-refractivity contribution in [1.29, 1.82) is 0 Å². The lowest BCUT2D eigenvalue weighted by Crippen LogP contribution is -2.28. The number of hydrogen-bond acceptors (Lipinski definition) is 3. The van der Waals surface area contributed by atoms with Gasteiger partial charge in [0.05, 0.1) is 6.04 Å². The highest BCUT2D eigenvalue weighted by atomic mass is 19.3. The van der Waals surface area contributed by atoms with Crippen LogP contribution in [0.3, 0.4) is 0 Å². The molecular weight excluding hydrogens is 274 g/mol. The zero-order valence-electron chi connectivity index (χ0n) is 11.9. The molecule has 2 aromatic carbocycles. The third kappa shape index (κ3) is 3.77. The van der Waals surface area contributed by atoms with E-state index in [1.165, 1.54) is 23.3 Å². The molecule has 0 aliphatic heterocycles. The highest BCUT2D eigenvalue weighted by Crippen LogP contribution is 2.25. The van der Waals surface area contributed by atoms with E-state index in [2.05, 4.69) is 16.2 Å². The minimum absolute atomic E-state index is 0.129. The molecule has 112 valence electrons. The molecule has 0 saturated carbocycles. The molecule has 0 spiro atoms. The first kappa shape index (κ1) is 15.4. The number of hydrazine groups is 1. The molecule has 0 heterocycles. The normalized spacial score (nSPS) is 12.5. The number of halogens is 2. The van der Waals surface area contributed by atoms with Crippen LogP contribution in [0.25, 0.3) is 0 Å². The van der Waals surface area contributed by atoms with Crippen molar-refractivity contribution in [3.05, 3.63) is 64.7 Å². The summed E-state index contributed by atoms with van der Waals surface area (Å²) in [6.07, 6.45) is 0. The van der Waals surface area contributed by atoms with Gasteiger partial charge < -0.3 is 4.74 Å². The molecule has 0 fully saturated rings. The van der Waals surface area contributed by atoms with Gasteiger partial charge in [-0.3, -0.25) is 5.84 Å². The van der Waals surface area contributed by atoms with E-state index in [4.69, 9.17) is 5.84 Å². The zero-order valence-corrected chi connectivity index (χ0v) is 11.9. The Morgan fingerprint density at radius 1 is 0.952 bits per heavy atom. The largest absolute Gasteiger partial charge is 0.435 e. The van der Waals surface area contributed by atoms with E-state index < -0.39 is 6.61 Å². The summed E-state index contributed by atoms with van der Waals surface area (Å²) in [7, 11) is 0. The fraction of sp³-hybridized carbons (Fsp3) is 0.250. The monoisotopic (exact) mass is 292 g/mol. The first-order valence-corrected chi connectivity index (χ1v) is 6.59. The van der Waals surface area contributed by atoms with E-state index in [1.54, 1.807) is 12.1 Å². The lowest BCUT2D eigenvalue weighted by Gasteiger charge is -2.18. The van der Waals surface area contributed by atoms with Crippen LogP contribution >= 0.6 is 0 Å². The minimum Gasteiger partial charge on any atom is -0.435 e. The summed E-state index contributed by atoms with van der Waals surface area (Å²) in [5.74, 6) is 5.77. The van der Waals surface area contributed by atoms with Crippen LogP contribution in [-0.4, -0.2) is 6.61 Å². The molecule has 2 aromatic rings. The highest BCUT2D eigenvalue weighted by Gasteiger charge is 2.13. The van der Waals surface area contributed by atoms with E-state index in [-0.39, 0.29) is 11.8 Å². The first-order valence-electron chi connectivity index (χ1n) is 6.59. The standard InChI is InChI=1S/C16H18F2N2O/c1-10-3-4-13(9-11(10)2)15(20-19)12-5-7-14(8-6-12)21-16(17)18/h3-9,15-16,20H,19H2,1-2H3. The quantitative estimate of drug-likeness (QED) is 0.655. The highest BCUT2D eigenvalue weighted by molar-refractivity contribution is 5.38. The third-order valence-electron chi connectivity index (χ3n) is 3.47. The van der Waals surface area contributed by atoms with Gasteiger partial charge in [0.15, 0.2) is 0 Å². The van der Waals surface area contributed by atoms with E-state index in [0.29, 0.717) is 0 Å². The molecule has 3 nitrogen and oxygen atoms in total. The van der Waals surface area contributed by atoms with Gasteiger partial charge in [-0.25, -0.2) is 5.43 Å². The molecule has 0 saturated heterocycles. The minimum atomic E-state index is -2.82. The lowest BCUT2D eigenvalue weighted by molar-refractivity contribution is -0.0498. The van der Waals surface area contributed by atoms with Crippen molar-refractivity contribution in [3.63, 3.8) is 0 Å². The summed E-state index contributed by atoms with van der Waals surface area (Å²) in [6, 6.07) is 12.3. The van der Waals surface area contributed by atoms with Crippen molar-refractivity contribution >= 4 is 0 Å². The van der Waals surface area contributed by atoms with Gasteiger partial charge in [-0.1, -0.05) is 30.3 Å². The molecule has 21 heavy (non-hydrogen) atoms. The molecule has 5 heteroatoms. The Kier molecular flexibility index (Phi) is 4.88. The summed E-state index contributed by atoms with van der Waals surface area (Å²) in [4.78, 5) is 0. The van der Waals surface area contributed by atoms with Crippen LogP contribution in [-0.2, 0) is 0 Å². The van der Waals surface area contributed by atoms with Gasteiger partial charge in [0, 0.05) is 0 Å². The number of rotatable bonds is 5. The molecule has 0 radical (unpaired) electrons. The van der Waals surface area contributed by atoms with Crippen LogP contribution in [0, 0.1) is 13.8 Å². The van der Waals surface area contributed by atoms with E-state index in [1.807, 2.05) is 26.0 Å². The maximum absolute atomic E-state index is 12.1. The Bertz CT molecular complexity index is 600. The van der Waals surface area contributed by atoms with Crippen LogP contribution in [0.2, 0.25) is 0 Å². The van der Waals surface area contributed by atoms with Gasteiger partial charge in [-0.05, 0) is 48.2 Å². The lowest BCUT2D eigenvalue weighted by atomic mass is 9.96. The van der Waals surface area contributed by atoms with E-state index >= 15 is 0 Å². The Balaban J connectivity index is 2.26. The van der Waals surface area contributed by atoms with Crippen LogP contribution in [0.4, 0.5) is 8.78 Å². The number of alkyl halides is 2. The van der Waals surface area contributed by atoms with Crippen molar-refractivity contribution in [1.82, 2.24) is 5.43 Å². The summed E-state index contributed by atoms with van der Waals surface area (Å²) >= 11 is 0. The van der Waals surface area contributed by atoms with Crippen molar-refractivity contribution in [2.24, 2.45) is 5.84 Å². The average molecular weight is 292 g/mol. The zero-order chi connectivity index (χ0) is 15.4. The van der Waals surface area contributed by atoms with Crippen molar-refractivity contribution in [3.8, 4) is 5.75 Å². The van der Waals surface area contributed by atoms with E-state index in [0.717, 1.165) is 11.1 Å². The average Bonchev–Trinajstić information content (AvgIpc) is 2.45. The number of hydrogen-bond donors (Lipinski definition) is 2. The molecule has 0 aliphatic rings. The van der Waals surface area contributed by atoms with Crippen molar-refractivity contribution in [2.75, 3.05) is 0 Å². The molecular formula is C16H18F2N2O. The Hall–Kier alpha value is -1.98. The molecule has 1 atom stereocenters. The summed E-state index contributed by atoms with van der Waals surface area (Å²) in [5.41, 5.74) is 7.02. The maximum Gasteiger partial charge on any atom is 0.387 e. The number of ether oxygens (including phenoxy) is 1. The molecule has 0 aliphatic carbocycles. The number of nitrogens with two attached hydrogens (primary N) is 1. The van der Waals surface area contributed by atoms with Gasteiger partial charge in [-0.2, -0.15) is 8.78 Å². The fourth-order valence-electron chi connectivity index (χ4n) is 2.17. The van der Waals surface area contributed by atoms with Gasteiger partial charge in [0.2, 0.25) is 0 Å². The molecule has 2 rings (SSSR count). The van der Waals surface area contributed by atoms with Gasteiger partial charge in [0.25, 0.3) is 0 Å². The predicted molar refractivity (Wildman–Crippen MR) is 78.2 cm³/mol. The Labute approximate surface area is 122 Å². The summed E-state index contributed by atoms with van der Waals surface area (Å²) in [6.45, 7) is 1.26. The van der Waals surface area contributed by atoms with Crippen LogP contribution < -0.4 is 16.0 Å². The van der Waals surface area contributed by atoms with Crippen LogP contribution in [0.15, 0.2) is 42.5 Å². The summed E-state index contributed by atoms with van der Waals surface area (Å²) < 4.78 is 28.6. The van der Waals surface area contributed by atoms with Crippen molar-refractivity contribution < 1.29 is 13.5 Å². The van der Waals surface area contributed by atoms with Gasteiger partial charge in [0.1, 0.15) is 5.75 Å². The van der Waals surface area contributed by atoms with Crippen LogP contribution in [0.5, 0.6) is 5.75 Å². The van der Waals surface area contributed by atoms with Gasteiger partial charge in [-0.15, -0.1) is 0 Å². The maximum atomic E-state index is 12.1. The number of aryl methyl sites for hydroxylation is 2. The molecule has 3 N–H and O–H groups in total. The fourth-order valence-corrected chi connectivity index (χ4v) is 2.17.